The molecule has 10 heavy (non-hydrogen) atoms. The summed E-state index contributed by atoms with van der Waals surface area (Å²) in [6.07, 6.45) is 1.25. The van der Waals surface area contributed by atoms with Crippen molar-refractivity contribution >= 4 is 26.0 Å². The van der Waals surface area contributed by atoms with Gasteiger partial charge in [0.15, 0.2) is 0 Å². The van der Waals surface area contributed by atoms with Gasteiger partial charge in [0.25, 0.3) is 0 Å². The first-order valence-corrected chi connectivity index (χ1v) is 6.02. The molecule has 60 valence electrons. The Hall–Kier alpha value is 0.390. The molecule has 1 rings (SSSR count). The first-order chi connectivity index (χ1) is 4.54. The van der Waals surface area contributed by atoms with Gasteiger partial charge in [-0.2, -0.15) is 0 Å². The second kappa shape index (κ2) is 2.79. The van der Waals surface area contributed by atoms with E-state index in [-0.39, 0.29) is 0 Å². The van der Waals surface area contributed by atoms with Crippen LogP contribution in [0.25, 0.3) is 0 Å². The molecule has 0 aromatic heterocycles. The molecule has 1 aliphatic rings. The highest BCUT2D eigenvalue weighted by molar-refractivity contribution is 9.09. The number of sulfonamides is 1. The second-order valence-electron chi connectivity index (χ2n) is 2.60. The Morgan fingerprint density at radius 1 is 1.60 bits per heavy atom. The van der Waals surface area contributed by atoms with Crippen LogP contribution >= 0.6 is 15.9 Å². The molecule has 0 N–H and O–H groups in total. The summed E-state index contributed by atoms with van der Waals surface area (Å²) in [6.45, 7) is 1.37. The van der Waals surface area contributed by atoms with Gasteiger partial charge in [-0.05, 0) is 5.92 Å². The Bertz CT molecular complexity index is 208. The van der Waals surface area contributed by atoms with Crippen LogP contribution in [0.1, 0.15) is 0 Å². The molecule has 3 nitrogen and oxygen atoms in total. The van der Waals surface area contributed by atoms with E-state index in [0.717, 1.165) is 5.33 Å². The molecule has 0 radical (unpaired) electrons. The number of rotatable bonds is 2. The predicted molar refractivity (Wildman–Crippen MR) is 43.7 cm³/mol. The van der Waals surface area contributed by atoms with Gasteiger partial charge in [0.05, 0.1) is 6.26 Å². The third-order valence-corrected chi connectivity index (χ3v) is 3.76. The first kappa shape index (κ1) is 8.49. The molecule has 1 heterocycles. The lowest BCUT2D eigenvalue weighted by atomic mass is 10.1. The van der Waals surface area contributed by atoms with E-state index >= 15 is 0 Å². The second-order valence-corrected chi connectivity index (χ2v) is 5.23. The van der Waals surface area contributed by atoms with Gasteiger partial charge in [0.2, 0.25) is 10.0 Å². The maximum Gasteiger partial charge on any atom is 0.211 e. The highest BCUT2D eigenvalue weighted by Gasteiger charge is 2.31. The van der Waals surface area contributed by atoms with E-state index in [2.05, 4.69) is 15.9 Å². The Balaban J connectivity index is 2.41. The zero-order valence-corrected chi connectivity index (χ0v) is 8.15. The van der Waals surface area contributed by atoms with Crippen molar-refractivity contribution in [2.75, 3.05) is 24.7 Å². The van der Waals surface area contributed by atoms with E-state index in [4.69, 9.17) is 0 Å². The Morgan fingerprint density at radius 2 is 2.10 bits per heavy atom. The predicted octanol–water partition coefficient (Wildman–Crippen LogP) is 0.273. The molecule has 0 aliphatic carbocycles. The molecule has 5 heteroatoms. The lowest BCUT2D eigenvalue weighted by Gasteiger charge is -2.35. The van der Waals surface area contributed by atoms with Gasteiger partial charge in [0.1, 0.15) is 0 Å². The maximum atomic E-state index is 10.8. The lowest BCUT2D eigenvalue weighted by Crippen LogP contribution is -2.49. The molecule has 0 spiro atoms. The minimum atomic E-state index is -2.90. The fraction of sp³-hybridized carbons (Fsp3) is 1.00. The van der Waals surface area contributed by atoms with Crippen molar-refractivity contribution in [2.45, 2.75) is 0 Å². The molecule has 0 atom stereocenters. The van der Waals surface area contributed by atoms with Crippen molar-refractivity contribution in [1.29, 1.82) is 0 Å². The zero-order valence-electron chi connectivity index (χ0n) is 5.75. The maximum absolute atomic E-state index is 10.8. The Kier molecular flexibility index (Phi) is 2.37. The summed E-state index contributed by atoms with van der Waals surface area (Å²) in [5, 5.41) is 0.902. The van der Waals surface area contributed by atoms with Crippen LogP contribution in [0.3, 0.4) is 0 Å². The van der Waals surface area contributed by atoms with Crippen molar-refractivity contribution < 1.29 is 8.42 Å². The van der Waals surface area contributed by atoms with Gasteiger partial charge in [-0.1, -0.05) is 15.9 Å². The van der Waals surface area contributed by atoms with Gasteiger partial charge >= 0.3 is 0 Å². The van der Waals surface area contributed by atoms with E-state index in [0.29, 0.717) is 19.0 Å². The molecule has 0 amide bonds. The minimum Gasteiger partial charge on any atom is -0.213 e. The lowest BCUT2D eigenvalue weighted by molar-refractivity contribution is 0.225. The van der Waals surface area contributed by atoms with Gasteiger partial charge in [-0.3, -0.25) is 0 Å². The van der Waals surface area contributed by atoms with Crippen LogP contribution in [0.4, 0.5) is 0 Å². The smallest absolute Gasteiger partial charge is 0.211 e. The zero-order chi connectivity index (χ0) is 7.78. The molecule has 0 saturated carbocycles. The average molecular weight is 228 g/mol. The summed E-state index contributed by atoms with van der Waals surface area (Å²) < 4.78 is 23.1. The number of hydrogen-bond acceptors (Lipinski definition) is 2. The quantitative estimate of drug-likeness (QED) is 0.636. The molecule has 1 fully saturated rings. The molecule has 1 aliphatic heterocycles. The summed E-state index contributed by atoms with van der Waals surface area (Å²) in [4.78, 5) is 0. The fourth-order valence-electron chi connectivity index (χ4n) is 0.891. The van der Waals surface area contributed by atoms with E-state index in [9.17, 15) is 8.42 Å². The highest BCUT2D eigenvalue weighted by atomic mass is 79.9. The number of hydrogen-bond donors (Lipinski definition) is 0. The third-order valence-electron chi connectivity index (χ3n) is 1.61. The van der Waals surface area contributed by atoms with E-state index in [1.165, 1.54) is 10.6 Å². The SMILES string of the molecule is CS(=O)(=O)N1CC(CBr)C1. The summed E-state index contributed by atoms with van der Waals surface area (Å²) in [7, 11) is -2.90. The number of nitrogens with zero attached hydrogens (tertiary/aromatic N) is 1. The van der Waals surface area contributed by atoms with Crippen molar-refractivity contribution in [3.63, 3.8) is 0 Å². The highest BCUT2D eigenvalue weighted by Crippen LogP contribution is 2.19. The Labute approximate surface area is 69.6 Å². The summed E-state index contributed by atoms with van der Waals surface area (Å²) >= 11 is 3.30. The first-order valence-electron chi connectivity index (χ1n) is 3.05. The topological polar surface area (TPSA) is 37.4 Å². The number of halogens is 1. The molecular formula is C5H10BrNO2S. The fourth-order valence-corrected chi connectivity index (χ4v) is 2.26. The Morgan fingerprint density at radius 3 is 2.40 bits per heavy atom. The van der Waals surface area contributed by atoms with Crippen LogP contribution in [-0.4, -0.2) is 37.4 Å². The van der Waals surface area contributed by atoms with E-state index in [1.54, 1.807) is 0 Å². The van der Waals surface area contributed by atoms with Crippen LogP contribution in [-0.2, 0) is 10.0 Å². The summed E-state index contributed by atoms with van der Waals surface area (Å²) in [5.74, 6) is 0.523. The average Bonchev–Trinajstić information content (AvgIpc) is 1.57. The summed E-state index contributed by atoms with van der Waals surface area (Å²) in [6, 6.07) is 0. The number of alkyl halides is 1. The molecular weight excluding hydrogens is 218 g/mol. The summed E-state index contributed by atoms with van der Waals surface area (Å²) in [5.41, 5.74) is 0. The van der Waals surface area contributed by atoms with Crippen LogP contribution in [0.15, 0.2) is 0 Å². The largest absolute Gasteiger partial charge is 0.213 e. The van der Waals surface area contributed by atoms with Crippen LogP contribution in [0.2, 0.25) is 0 Å². The normalized spacial score (nSPS) is 22.6. The van der Waals surface area contributed by atoms with Crippen LogP contribution < -0.4 is 0 Å². The van der Waals surface area contributed by atoms with Gasteiger partial charge in [-0.15, -0.1) is 0 Å². The minimum absolute atomic E-state index is 0.523. The van der Waals surface area contributed by atoms with Gasteiger partial charge in [0, 0.05) is 18.4 Å². The van der Waals surface area contributed by atoms with Crippen LogP contribution in [0, 0.1) is 5.92 Å². The molecule has 0 bridgehead atoms. The van der Waals surface area contributed by atoms with Crippen molar-refractivity contribution in [3.8, 4) is 0 Å². The molecule has 0 aromatic rings. The van der Waals surface area contributed by atoms with E-state index in [1.807, 2.05) is 0 Å². The van der Waals surface area contributed by atoms with Gasteiger partial charge in [-0.25, -0.2) is 12.7 Å². The van der Waals surface area contributed by atoms with Crippen molar-refractivity contribution in [2.24, 2.45) is 5.92 Å². The molecule has 0 aromatic carbocycles. The monoisotopic (exact) mass is 227 g/mol. The van der Waals surface area contributed by atoms with Gasteiger partial charge < -0.3 is 0 Å². The van der Waals surface area contributed by atoms with Crippen LogP contribution in [0.5, 0.6) is 0 Å². The molecule has 1 saturated heterocycles. The standard InChI is InChI=1S/C5H10BrNO2S/c1-10(8,9)7-3-5(2-6)4-7/h5H,2-4H2,1H3. The van der Waals surface area contributed by atoms with E-state index < -0.39 is 10.0 Å². The van der Waals surface area contributed by atoms with Crippen molar-refractivity contribution in [1.82, 2.24) is 4.31 Å². The van der Waals surface area contributed by atoms with Crippen molar-refractivity contribution in [3.05, 3.63) is 0 Å². The molecule has 0 unspecified atom stereocenters. The third kappa shape index (κ3) is 1.71.